The van der Waals surface area contributed by atoms with Gasteiger partial charge in [0.15, 0.2) is 4.88 Å². The zero-order valence-electron chi connectivity index (χ0n) is 9.30. The molecule has 0 aliphatic carbocycles. The van der Waals surface area contributed by atoms with Gasteiger partial charge < -0.3 is 4.74 Å². The van der Waals surface area contributed by atoms with Crippen LogP contribution in [0.4, 0.5) is 4.39 Å². The third-order valence-corrected chi connectivity index (χ3v) is 2.83. The molecule has 1 aromatic heterocycles. The first-order valence-electron chi connectivity index (χ1n) is 5.08. The molecule has 1 aromatic carbocycles. The van der Waals surface area contributed by atoms with Crippen molar-refractivity contribution >= 4 is 17.5 Å². The summed E-state index contributed by atoms with van der Waals surface area (Å²) in [6.07, 6.45) is 1.48. The van der Waals surface area contributed by atoms with Gasteiger partial charge in [-0.25, -0.2) is 9.18 Å². The number of ether oxygens (including phenoxy) is 1. The van der Waals surface area contributed by atoms with Crippen molar-refractivity contribution in [3.63, 3.8) is 0 Å². The van der Waals surface area contributed by atoms with Crippen LogP contribution in [0.2, 0.25) is 0 Å². The second kappa shape index (κ2) is 5.50. The minimum absolute atomic E-state index is 0.125. The Hall–Kier alpha value is -2.08. The molecule has 92 valence electrons. The molecule has 1 heterocycles. The minimum atomic E-state index is -0.510. The van der Waals surface area contributed by atoms with Crippen LogP contribution in [0.3, 0.4) is 0 Å². The number of hydrogen-bond donors (Lipinski definition) is 0. The van der Waals surface area contributed by atoms with Crippen molar-refractivity contribution in [2.75, 3.05) is 6.61 Å². The summed E-state index contributed by atoms with van der Waals surface area (Å²) in [5.74, 6) is -0.859. The van der Waals surface area contributed by atoms with Gasteiger partial charge in [-0.15, -0.1) is 5.10 Å². The van der Waals surface area contributed by atoms with Crippen LogP contribution in [0.1, 0.15) is 9.67 Å². The van der Waals surface area contributed by atoms with E-state index in [2.05, 4.69) is 16.2 Å². The lowest BCUT2D eigenvalue weighted by atomic mass is 10.1. The van der Waals surface area contributed by atoms with E-state index in [4.69, 9.17) is 4.74 Å². The van der Waals surface area contributed by atoms with Crippen LogP contribution in [-0.4, -0.2) is 22.2 Å². The molecule has 4 nitrogen and oxygen atoms in total. The largest absolute Gasteiger partial charge is 0.457 e. The number of aromatic nitrogens is 2. The van der Waals surface area contributed by atoms with Gasteiger partial charge >= 0.3 is 5.97 Å². The molecule has 0 saturated heterocycles. The number of hydrogen-bond acceptors (Lipinski definition) is 5. The first-order chi connectivity index (χ1) is 8.72. The van der Waals surface area contributed by atoms with E-state index in [-0.39, 0.29) is 12.4 Å². The predicted octanol–water partition coefficient (Wildman–Crippen LogP) is 2.69. The van der Waals surface area contributed by atoms with Crippen molar-refractivity contribution in [2.45, 2.75) is 0 Å². The lowest BCUT2D eigenvalue weighted by Gasteiger charge is -2.01. The van der Waals surface area contributed by atoms with Crippen LogP contribution in [0.25, 0.3) is 11.3 Å². The lowest BCUT2D eigenvalue weighted by molar-refractivity contribution is 0.0556. The maximum absolute atomic E-state index is 12.8. The van der Waals surface area contributed by atoms with E-state index in [0.29, 0.717) is 16.1 Å². The van der Waals surface area contributed by atoms with Gasteiger partial charge in [0, 0.05) is 5.56 Å². The van der Waals surface area contributed by atoms with Gasteiger partial charge in [0.05, 0.1) is 0 Å². The van der Waals surface area contributed by atoms with Crippen LogP contribution in [0.5, 0.6) is 0 Å². The van der Waals surface area contributed by atoms with Gasteiger partial charge in [-0.05, 0) is 35.8 Å². The summed E-state index contributed by atoms with van der Waals surface area (Å²) in [4.78, 5) is 12.0. The number of benzene rings is 1. The number of halogens is 1. The Morgan fingerprint density at radius 2 is 2.17 bits per heavy atom. The van der Waals surface area contributed by atoms with Gasteiger partial charge in [0.1, 0.15) is 18.1 Å². The van der Waals surface area contributed by atoms with Crippen LogP contribution >= 0.6 is 11.5 Å². The Morgan fingerprint density at radius 1 is 1.44 bits per heavy atom. The number of esters is 1. The molecule has 6 heteroatoms. The highest BCUT2D eigenvalue weighted by atomic mass is 32.1. The molecule has 0 N–H and O–H groups in total. The van der Waals surface area contributed by atoms with E-state index in [1.807, 2.05) is 0 Å². The maximum atomic E-state index is 12.8. The molecule has 0 aliphatic heterocycles. The zero-order valence-corrected chi connectivity index (χ0v) is 10.1. The summed E-state index contributed by atoms with van der Waals surface area (Å²) < 4.78 is 21.5. The molecule has 0 saturated carbocycles. The molecule has 0 aliphatic rings. The second-order valence-corrected chi connectivity index (χ2v) is 4.10. The van der Waals surface area contributed by atoms with E-state index in [1.165, 1.54) is 30.3 Å². The van der Waals surface area contributed by atoms with Crippen LogP contribution in [0.15, 0.2) is 36.9 Å². The smallest absolute Gasteiger partial charge is 0.352 e. The molecular weight excluding hydrogens is 255 g/mol. The Kier molecular flexibility index (Phi) is 3.78. The topological polar surface area (TPSA) is 52.1 Å². The Labute approximate surface area is 107 Å². The van der Waals surface area contributed by atoms with Gasteiger partial charge in [-0.3, -0.25) is 0 Å². The van der Waals surface area contributed by atoms with Gasteiger partial charge in [-0.1, -0.05) is 17.1 Å². The summed E-state index contributed by atoms with van der Waals surface area (Å²) in [6, 6.07) is 5.67. The van der Waals surface area contributed by atoms with Crippen LogP contribution in [-0.2, 0) is 4.74 Å². The standard InChI is InChI=1S/C12H9FN2O2S/c1-2-7-17-12(16)11-10(14-15-18-11)8-3-5-9(13)6-4-8/h2-6H,1,7H2. The van der Waals surface area contributed by atoms with Gasteiger partial charge in [0.25, 0.3) is 0 Å². The van der Waals surface area contributed by atoms with Crippen molar-refractivity contribution in [1.29, 1.82) is 0 Å². The first kappa shape index (κ1) is 12.4. The van der Waals surface area contributed by atoms with Crippen LogP contribution in [0, 0.1) is 5.82 Å². The summed E-state index contributed by atoms with van der Waals surface area (Å²) in [7, 11) is 0. The second-order valence-electron chi connectivity index (χ2n) is 3.34. The van der Waals surface area contributed by atoms with Gasteiger partial charge in [-0.2, -0.15) is 0 Å². The molecule has 0 unspecified atom stereocenters. The molecule has 2 aromatic rings. The fraction of sp³-hybridized carbons (Fsp3) is 0.0833. The molecule has 18 heavy (non-hydrogen) atoms. The lowest BCUT2D eigenvalue weighted by Crippen LogP contribution is -2.04. The number of nitrogens with zero attached hydrogens (tertiary/aromatic N) is 2. The van der Waals surface area contributed by atoms with Crippen LogP contribution < -0.4 is 0 Å². The molecular formula is C12H9FN2O2S. The van der Waals surface area contributed by atoms with Crippen molar-refractivity contribution in [3.05, 3.63) is 47.6 Å². The number of carbonyl (C=O) groups excluding carboxylic acids is 1. The summed E-state index contributed by atoms with van der Waals surface area (Å²) >= 11 is 0.943. The molecule has 0 fully saturated rings. The summed E-state index contributed by atoms with van der Waals surface area (Å²) in [6.45, 7) is 3.58. The Balaban J connectivity index is 2.29. The fourth-order valence-corrected chi connectivity index (χ4v) is 1.90. The Bertz CT molecular complexity index is 566. The van der Waals surface area contributed by atoms with E-state index in [0.717, 1.165) is 11.5 Å². The first-order valence-corrected chi connectivity index (χ1v) is 5.86. The molecule has 0 bridgehead atoms. The van der Waals surface area contributed by atoms with E-state index >= 15 is 0 Å². The maximum Gasteiger partial charge on any atom is 0.352 e. The molecule has 0 radical (unpaired) electrons. The number of rotatable bonds is 4. The van der Waals surface area contributed by atoms with Gasteiger partial charge in [0.2, 0.25) is 0 Å². The number of carbonyl (C=O) groups is 1. The monoisotopic (exact) mass is 264 g/mol. The van der Waals surface area contributed by atoms with Crippen molar-refractivity contribution in [2.24, 2.45) is 0 Å². The molecule has 0 spiro atoms. The predicted molar refractivity (Wildman–Crippen MR) is 65.8 cm³/mol. The van der Waals surface area contributed by atoms with E-state index in [1.54, 1.807) is 0 Å². The average Bonchev–Trinajstić information content (AvgIpc) is 2.86. The summed E-state index contributed by atoms with van der Waals surface area (Å²) in [5.41, 5.74) is 1.02. The SMILES string of the molecule is C=CCOC(=O)c1snnc1-c1ccc(F)cc1. The summed E-state index contributed by atoms with van der Waals surface area (Å²) in [5, 5.41) is 3.86. The van der Waals surface area contributed by atoms with Crippen molar-refractivity contribution < 1.29 is 13.9 Å². The third kappa shape index (κ3) is 2.60. The van der Waals surface area contributed by atoms with Crippen molar-refractivity contribution in [3.8, 4) is 11.3 Å². The fourth-order valence-electron chi connectivity index (χ4n) is 1.32. The highest BCUT2D eigenvalue weighted by Crippen LogP contribution is 2.24. The third-order valence-electron chi connectivity index (χ3n) is 2.12. The average molecular weight is 264 g/mol. The molecule has 2 rings (SSSR count). The normalized spacial score (nSPS) is 10.1. The molecule has 0 amide bonds. The van der Waals surface area contributed by atoms with E-state index < -0.39 is 5.97 Å². The van der Waals surface area contributed by atoms with E-state index in [9.17, 15) is 9.18 Å². The minimum Gasteiger partial charge on any atom is -0.457 e. The highest BCUT2D eigenvalue weighted by molar-refractivity contribution is 7.08. The highest BCUT2D eigenvalue weighted by Gasteiger charge is 2.18. The quantitative estimate of drug-likeness (QED) is 0.629. The zero-order chi connectivity index (χ0) is 13.0. The molecule has 0 atom stereocenters. The van der Waals surface area contributed by atoms with Crippen molar-refractivity contribution in [1.82, 2.24) is 9.59 Å². The Morgan fingerprint density at radius 3 is 2.83 bits per heavy atom.